The van der Waals surface area contributed by atoms with Crippen molar-refractivity contribution in [2.24, 2.45) is 0 Å². The number of aromatic nitrogens is 2. The van der Waals surface area contributed by atoms with Gasteiger partial charge in [0.05, 0.1) is 36.5 Å². The Morgan fingerprint density at radius 1 is 0.740 bits per heavy atom. The van der Waals surface area contributed by atoms with E-state index in [1.54, 1.807) is 18.5 Å². The number of piperidine rings is 1. The average Bonchev–Trinajstić information content (AvgIpc) is 3.67. The topological polar surface area (TPSA) is 244 Å². The molecule has 1 aliphatic carbocycles. The second-order valence-corrected chi connectivity index (χ2v) is 17.7. The summed E-state index contributed by atoms with van der Waals surface area (Å²) in [6, 6.07) is 30.7. The van der Waals surface area contributed by atoms with Crippen LogP contribution in [0.15, 0.2) is 109 Å². The zero-order chi connectivity index (χ0) is 50.9. The van der Waals surface area contributed by atoms with Gasteiger partial charge in [-0.3, -0.25) is 39.1 Å². The van der Waals surface area contributed by atoms with Gasteiger partial charge in [0.1, 0.15) is 30.3 Å². The number of imide groups is 2. The monoisotopic (exact) mass is 991 g/mol. The largest absolute Gasteiger partial charge is 0.483 e. The molecule has 1 saturated heterocycles. The van der Waals surface area contributed by atoms with Gasteiger partial charge < -0.3 is 34.9 Å². The number of benzene rings is 3. The molecule has 4 N–H and O–H groups in total. The van der Waals surface area contributed by atoms with Crippen molar-refractivity contribution in [3.63, 3.8) is 0 Å². The third-order valence-corrected chi connectivity index (χ3v) is 12.7. The SMILES string of the molecule is N#Cc1ccc(NC2CCC(N(C(=O)NCc3ccccc3)c3ccc(-c4ccc(OCCOCCOCCCCNC(=O)COc5cccc6c5C(=O)N(C5CCC(=O)NC5=O)C6=O)nc4)cc3)CC2)nc1. The first kappa shape index (κ1) is 51.2. The van der Waals surface area contributed by atoms with Gasteiger partial charge in [-0.05, 0) is 98.5 Å². The molecular weight excluding hydrogens is 935 g/mol. The fourth-order valence-electron chi connectivity index (χ4n) is 8.92. The lowest BCUT2D eigenvalue weighted by atomic mass is 9.89. The van der Waals surface area contributed by atoms with Crippen LogP contribution in [0, 0.1) is 11.3 Å². The Labute approximate surface area is 422 Å². The molecule has 1 atom stereocenters. The van der Waals surface area contributed by atoms with E-state index in [9.17, 15) is 28.8 Å². The number of nitrogens with zero attached hydrogens (tertiary/aromatic N) is 5. The third-order valence-electron chi connectivity index (χ3n) is 12.7. The van der Waals surface area contributed by atoms with Gasteiger partial charge in [0, 0.05) is 67.9 Å². The zero-order valence-electron chi connectivity index (χ0n) is 40.3. The molecule has 3 aliphatic rings. The van der Waals surface area contributed by atoms with Crippen molar-refractivity contribution in [1.82, 2.24) is 30.8 Å². The summed E-state index contributed by atoms with van der Waals surface area (Å²) in [7, 11) is 0. The molecule has 7 amide bonds. The number of fused-ring (bicyclic) bond motifs is 1. The first-order chi connectivity index (χ1) is 35.6. The Bertz CT molecular complexity index is 2760. The van der Waals surface area contributed by atoms with Gasteiger partial charge in [0.25, 0.3) is 17.7 Å². The molecule has 5 aromatic rings. The molecule has 2 fully saturated rings. The van der Waals surface area contributed by atoms with E-state index in [-0.39, 0.29) is 54.4 Å². The Morgan fingerprint density at radius 2 is 1.51 bits per heavy atom. The van der Waals surface area contributed by atoms with Crippen molar-refractivity contribution in [3.8, 4) is 28.8 Å². The number of pyridine rings is 2. The molecule has 8 rings (SSSR count). The standard InChI is InChI=1S/C54H57N9O10/c55-31-37-11-22-46(57-33-37)60-40-15-19-42(20-16-40)62(54(69)59-32-36-7-2-1-3-8-36)41-17-12-38(13-18-41)39-14-24-49(58-34-39)72-30-29-71-28-27-70-26-5-4-25-56-48(65)35-73-45-10-6-9-43-50(45)53(68)63(52(43)67)44-21-23-47(64)61-51(44)66/h1-3,6-14,17-18,22,24,33-34,40,42,44H,4-5,15-16,19-21,23,25-30,32,35H2,(H,56,65)(H,57,60)(H,59,69)(H,61,64,66). The quantitative estimate of drug-likeness (QED) is 0.0437. The van der Waals surface area contributed by atoms with Gasteiger partial charge in [-0.2, -0.15) is 5.26 Å². The zero-order valence-corrected chi connectivity index (χ0v) is 40.3. The highest BCUT2D eigenvalue weighted by atomic mass is 16.5. The summed E-state index contributed by atoms with van der Waals surface area (Å²) >= 11 is 0. The van der Waals surface area contributed by atoms with Gasteiger partial charge in [-0.15, -0.1) is 0 Å². The highest BCUT2D eigenvalue weighted by molar-refractivity contribution is 6.24. The van der Waals surface area contributed by atoms with Crippen LogP contribution in [0.2, 0.25) is 0 Å². The molecule has 0 bridgehead atoms. The number of nitriles is 1. The summed E-state index contributed by atoms with van der Waals surface area (Å²) in [5, 5.41) is 20.7. The molecule has 2 aliphatic heterocycles. The number of nitrogens with one attached hydrogen (secondary N) is 4. The predicted octanol–water partition coefficient (Wildman–Crippen LogP) is 5.94. The van der Waals surface area contributed by atoms with E-state index in [2.05, 4.69) is 37.3 Å². The first-order valence-corrected chi connectivity index (χ1v) is 24.5. The van der Waals surface area contributed by atoms with Crippen LogP contribution in [0.1, 0.15) is 83.2 Å². The molecule has 0 radical (unpaired) electrons. The van der Waals surface area contributed by atoms with E-state index < -0.39 is 35.6 Å². The fraction of sp³-hybridized carbons (Fsp3) is 0.352. The lowest BCUT2D eigenvalue weighted by molar-refractivity contribution is -0.136. The molecule has 3 aromatic carbocycles. The van der Waals surface area contributed by atoms with E-state index >= 15 is 0 Å². The van der Waals surface area contributed by atoms with Crippen LogP contribution >= 0.6 is 0 Å². The minimum absolute atomic E-state index is 0.00104. The lowest BCUT2D eigenvalue weighted by Crippen LogP contribution is -2.54. The Hall–Kier alpha value is -8.21. The van der Waals surface area contributed by atoms with Crippen molar-refractivity contribution in [3.05, 3.63) is 132 Å². The van der Waals surface area contributed by atoms with Crippen molar-refractivity contribution in [2.75, 3.05) is 56.4 Å². The van der Waals surface area contributed by atoms with Crippen LogP contribution in [0.4, 0.5) is 16.3 Å². The summed E-state index contributed by atoms with van der Waals surface area (Å²) < 4.78 is 22.7. The van der Waals surface area contributed by atoms with E-state index in [0.29, 0.717) is 70.4 Å². The van der Waals surface area contributed by atoms with Crippen LogP contribution in [0.25, 0.3) is 11.1 Å². The molecule has 73 heavy (non-hydrogen) atoms. The number of ether oxygens (including phenoxy) is 4. The van der Waals surface area contributed by atoms with E-state index in [0.717, 1.165) is 58.8 Å². The van der Waals surface area contributed by atoms with E-state index in [1.807, 2.05) is 77.7 Å². The third kappa shape index (κ3) is 13.6. The number of urea groups is 1. The minimum Gasteiger partial charge on any atom is -0.483 e. The Kier molecular flexibility index (Phi) is 17.7. The van der Waals surface area contributed by atoms with E-state index in [1.165, 1.54) is 18.2 Å². The second kappa shape index (κ2) is 25.3. The molecule has 1 saturated carbocycles. The summed E-state index contributed by atoms with van der Waals surface area (Å²) in [5.41, 5.74) is 4.24. The second-order valence-electron chi connectivity index (χ2n) is 17.7. The number of hydrogen-bond acceptors (Lipinski definition) is 14. The predicted molar refractivity (Wildman–Crippen MR) is 267 cm³/mol. The Balaban J connectivity index is 0.697. The van der Waals surface area contributed by atoms with Crippen LogP contribution in [0.3, 0.4) is 0 Å². The maximum atomic E-state index is 13.9. The van der Waals surface area contributed by atoms with Crippen LogP contribution in [0.5, 0.6) is 11.6 Å². The van der Waals surface area contributed by atoms with E-state index in [4.69, 9.17) is 24.2 Å². The number of carbonyl (C=O) groups is 6. The van der Waals surface area contributed by atoms with Gasteiger partial charge in [-0.1, -0.05) is 48.5 Å². The van der Waals surface area contributed by atoms with Crippen molar-refractivity contribution in [2.45, 2.75) is 76.0 Å². The smallest absolute Gasteiger partial charge is 0.322 e. The van der Waals surface area contributed by atoms with Crippen molar-refractivity contribution < 1.29 is 47.7 Å². The number of hydrogen-bond donors (Lipinski definition) is 4. The Morgan fingerprint density at radius 3 is 2.23 bits per heavy atom. The summed E-state index contributed by atoms with van der Waals surface area (Å²) in [5.74, 6) is -1.69. The highest BCUT2D eigenvalue weighted by Crippen LogP contribution is 2.34. The number of amides is 7. The van der Waals surface area contributed by atoms with Crippen molar-refractivity contribution >= 4 is 47.1 Å². The molecule has 0 spiro atoms. The summed E-state index contributed by atoms with van der Waals surface area (Å²) in [4.78, 5) is 88.2. The number of carbonyl (C=O) groups excluding carboxylic acids is 6. The summed E-state index contributed by atoms with van der Waals surface area (Å²) in [6.45, 7) is 2.31. The van der Waals surface area contributed by atoms with Crippen molar-refractivity contribution in [1.29, 1.82) is 5.26 Å². The van der Waals surface area contributed by atoms with Gasteiger partial charge in [-0.25, -0.2) is 14.8 Å². The maximum absolute atomic E-state index is 13.9. The van der Waals surface area contributed by atoms with Gasteiger partial charge in [0.15, 0.2) is 6.61 Å². The van der Waals surface area contributed by atoms with Crippen LogP contribution < -0.4 is 35.6 Å². The van der Waals surface area contributed by atoms with Gasteiger partial charge in [0.2, 0.25) is 17.7 Å². The molecular formula is C54H57N9O10. The number of anilines is 2. The molecule has 2 aromatic heterocycles. The average molecular weight is 992 g/mol. The lowest BCUT2D eigenvalue weighted by Gasteiger charge is -2.37. The van der Waals surface area contributed by atoms with Crippen LogP contribution in [-0.2, 0) is 30.4 Å². The molecule has 4 heterocycles. The highest BCUT2D eigenvalue weighted by Gasteiger charge is 2.46. The molecule has 1 unspecified atom stereocenters. The minimum atomic E-state index is -1.10. The normalized spacial score (nSPS) is 17.2. The first-order valence-electron chi connectivity index (χ1n) is 24.5. The number of rotatable bonds is 23. The molecule has 378 valence electrons. The maximum Gasteiger partial charge on any atom is 0.322 e. The molecule has 19 nitrogen and oxygen atoms in total. The fourth-order valence-corrected chi connectivity index (χ4v) is 8.92. The van der Waals surface area contributed by atoms with Gasteiger partial charge >= 0.3 is 6.03 Å². The summed E-state index contributed by atoms with van der Waals surface area (Å²) in [6.07, 6.45) is 8.04. The molecule has 19 heteroatoms. The number of unbranched alkanes of at least 4 members (excludes halogenated alkanes) is 1. The van der Waals surface area contributed by atoms with Crippen LogP contribution in [-0.4, -0.2) is 115 Å².